The summed E-state index contributed by atoms with van der Waals surface area (Å²) in [6.45, 7) is 1.91. The van der Waals surface area contributed by atoms with E-state index in [1.54, 1.807) is 31.2 Å². The van der Waals surface area contributed by atoms with Gasteiger partial charge in [-0.3, -0.25) is 9.59 Å². The first-order chi connectivity index (χ1) is 13.2. The number of halogens is 3. The molecule has 1 unspecified atom stereocenters. The van der Waals surface area contributed by atoms with Gasteiger partial charge >= 0.3 is 6.18 Å². The van der Waals surface area contributed by atoms with Gasteiger partial charge in [0.1, 0.15) is 11.8 Å². The van der Waals surface area contributed by atoms with Gasteiger partial charge in [-0.1, -0.05) is 6.07 Å². The largest absolute Gasteiger partial charge is 0.497 e. The van der Waals surface area contributed by atoms with Crippen molar-refractivity contribution in [3.8, 4) is 5.75 Å². The lowest BCUT2D eigenvalue weighted by Gasteiger charge is -2.39. The Hall–Kier alpha value is -3.03. The Kier molecular flexibility index (Phi) is 5.31. The summed E-state index contributed by atoms with van der Waals surface area (Å²) in [6.07, 6.45) is -4.49. The van der Waals surface area contributed by atoms with Gasteiger partial charge < -0.3 is 14.5 Å². The lowest BCUT2D eigenvalue weighted by atomic mass is 10.1. The summed E-state index contributed by atoms with van der Waals surface area (Å²) in [5, 5.41) is 0. The van der Waals surface area contributed by atoms with Crippen LogP contribution >= 0.6 is 0 Å². The zero-order valence-electron chi connectivity index (χ0n) is 15.4. The molecular weight excluding hydrogens is 373 g/mol. The van der Waals surface area contributed by atoms with Gasteiger partial charge in [-0.25, -0.2) is 0 Å². The molecule has 2 aromatic carbocycles. The molecule has 1 aliphatic heterocycles. The third-order valence-electron chi connectivity index (χ3n) is 4.74. The van der Waals surface area contributed by atoms with Crippen LogP contribution in [-0.4, -0.2) is 43.0 Å². The summed E-state index contributed by atoms with van der Waals surface area (Å²) in [7, 11) is 1.52. The van der Waals surface area contributed by atoms with Crippen LogP contribution in [0.1, 0.15) is 22.8 Å². The number of alkyl halides is 3. The van der Waals surface area contributed by atoms with Gasteiger partial charge in [0.2, 0.25) is 5.91 Å². The fraction of sp³-hybridized carbons (Fsp3) is 0.300. The van der Waals surface area contributed by atoms with E-state index in [4.69, 9.17) is 4.74 Å². The van der Waals surface area contributed by atoms with E-state index in [-0.39, 0.29) is 24.7 Å². The molecule has 0 spiro atoms. The Morgan fingerprint density at radius 3 is 2.39 bits per heavy atom. The van der Waals surface area contributed by atoms with Crippen molar-refractivity contribution in [1.29, 1.82) is 0 Å². The molecular formula is C20H19F3N2O3. The van der Waals surface area contributed by atoms with Gasteiger partial charge in [0, 0.05) is 24.3 Å². The maximum Gasteiger partial charge on any atom is 0.416 e. The summed E-state index contributed by atoms with van der Waals surface area (Å²) in [5.74, 6) is -0.130. The molecule has 1 saturated heterocycles. The van der Waals surface area contributed by atoms with Gasteiger partial charge in [-0.05, 0) is 49.4 Å². The molecule has 0 radical (unpaired) electrons. The van der Waals surface area contributed by atoms with Gasteiger partial charge in [0.05, 0.1) is 12.7 Å². The third kappa shape index (κ3) is 3.81. The number of anilines is 1. The van der Waals surface area contributed by atoms with Crippen molar-refractivity contribution in [3.63, 3.8) is 0 Å². The van der Waals surface area contributed by atoms with Crippen molar-refractivity contribution in [2.45, 2.75) is 19.1 Å². The number of benzene rings is 2. The molecule has 148 valence electrons. The molecule has 0 aromatic heterocycles. The second kappa shape index (κ2) is 7.53. The molecule has 0 saturated carbocycles. The maximum absolute atomic E-state index is 13.0. The number of rotatable bonds is 3. The standard InChI is InChI=1S/C20H19F3N2O3/c1-13-18(26)25(16-5-3-4-15(12-16)20(21,22)23)11-10-24(13)19(27)14-6-8-17(28-2)9-7-14/h3-9,12-13H,10-11H2,1-2H3. The average Bonchev–Trinajstić information content (AvgIpc) is 2.69. The first-order valence-electron chi connectivity index (χ1n) is 8.66. The Morgan fingerprint density at radius 2 is 1.79 bits per heavy atom. The molecule has 28 heavy (non-hydrogen) atoms. The first-order valence-corrected chi connectivity index (χ1v) is 8.66. The van der Waals surface area contributed by atoms with E-state index in [2.05, 4.69) is 0 Å². The van der Waals surface area contributed by atoms with Gasteiger partial charge in [-0.15, -0.1) is 0 Å². The predicted molar refractivity (Wildman–Crippen MR) is 97.3 cm³/mol. The van der Waals surface area contributed by atoms with E-state index in [0.29, 0.717) is 11.3 Å². The Morgan fingerprint density at radius 1 is 1.11 bits per heavy atom. The monoisotopic (exact) mass is 392 g/mol. The molecule has 1 heterocycles. The highest BCUT2D eigenvalue weighted by atomic mass is 19.4. The van der Waals surface area contributed by atoms with Crippen molar-refractivity contribution in [3.05, 3.63) is 59.7 Å². The zero-order valence-corrected chi connectivity index (χ0v) is 15.4. The molecule has 5 nitrogen and oxygen atoms in total. The van der Waals surface area contributed by atoms with Crippen molar-refractivity contribution >= 4 is 17.5 Å². The van der Waals surface area contributed by atoms with E-state index in [1.165, 1.54) is 29.0 Å². The molecule has 2 aromatic rings. The minimum Gasteiger partial charge on any atom is -0.497 e. The van der Waals surface area contributed by atoms with Crippen molar-refractivity contribution < 1.29 is 27.5 Å². The van der Waals surface area contributed by atoms with Gasteiger partial charge in [0.25, 0.3) is 5.91 Å². The summed E-state index contributed by atoms with van der Waals surface area (Å²) >= 11 is 0. The quantitative estimate of drug-likeness (QED) is 0.802. The van der Waals surface area contributed by atoms with Crippen molar-refractivity contribution in [1.82, 2.24) is 4.90 Å². The number of carbonyl (C=O) groups is 2. The smallest absolute Gasteiger partial charge is 0.416 e. The molecule has 0 bridgehead atoms. The number of ether oxygens (including phenoxy) is 1. The lowest BCUT2D eigenvalue weighted by molar-refractivity contribution is -0.137. The minimum absolute atomic E-state index is 0.117. The highest BCUT2D eigenvalue weighted by Gasteiger charge is 2.36. The third-order valence-corrected chi connectivity index (χ3v) is 4.74. The number of nitrogens with zero attached hydrogens (tertiary/aromatic N) is 2. The number of hydrogen-bond donors (Lipinski definition) is 0. The molecule has 0 N–H and O–H groups in total. The van der Waals surface area contributed by atoms with E-state index in [0.717, 1.165) is 12.1 Å². The van der Waals surface area contributed by atoms with E-state index >= 15 is 0 Å². The van der Waals surface area contributed by atoms with Crippen molar-refractivity contribution in [2.75, 3.05) is 25.1 Å². The summed E-state index contributed by atoms with van der Waals surface area (Å²) in [4.78, 5) is 28.2. The molecule has 2 amide bonds. The topological polar surface area (TPSA) is 49.9 Å². The normalized spacial score (nSPS) is 17.6. The zero-order chi connectivity index (χ0) is 20.5. The number of carbonyl (C=O) groups excluding carboxylic acids is 2. The number of amides is 2. The van der Waals surface area contributed by atoms with Crippen LogP contribution in [0.15, 0.2) is 48.5 Å². The number of piperazine rings is 1. The first kappa shape index (κ1) is 19.7. The van der Waals surface area contributed by atoms with Crippen LogP contribution in [0.25, 0.3) is 0 Å². The van der Waals surface area contributed by atoms with E-state index in [9.17, 15) is 22.8 Å². The predicted octanol–water partition coefficient (Wildman–Crippen LogP) is 3.59. The molecule has 1 aliphatic rings. The summed E-state index contributed by atoms with van der Waals surface area (Å²) in [6, 6.07) is 10.4. The van der Waals surface area contributed by atoms with Crippen LogP contribution in [0.4, 0.5) is 18.9 Å². The van der Waals surface area contributed by atoms with Crippen LogP contribution < -0.4 is 9.64 Å². The Bertz CT molecular complexity index is 881. The summed E-state index contributed by atoms with van der Waals surface area (Å²) < 4.78 is 43.9. The van der Waals surface area contributed by atoms with Gasteiger partial charge in [0.15, 0.2) is 0 Å². The number of hydrogen-bond acceptors (Lipinski definition) is 3. The molecule has 8 heteroatoms. The van der Waals surface area contributed by atoms with Gasteiger partial charge in [-0.2, -0.15) is 13.2 Å². The maximum atomic E-state index is 13.0. The van der Waals surface area contributed by atoms with Crippen LogP contribution in [0.2, 0.25) is 0 Å². The molecule has 3 rings (SSSR count). The highest BCUT2D eigenvalue weighted by molar-refractivity contribution is 6.03. The van der Waals surface area contributed by atoms with Crippen LogP contribution in [0, 0.1) is 0 Å². The fourth-order valence-corrected chi connectivity index (χ4v) is 3.15. The SMILES string of the molecule is COc1ccc(C(=O)N2CCN(c3cccc(C(F)(F)F)c3)C(=O)C2C)cc1. The van der Waals surface area contributed by atoms with Crippen LogP contribution in [-0.2, 0) is 11.0 Å². The Labute approximate surface area is 160 Å². The van der Waals surface area contributed by atoms with Crippen LogP contribution in [0.5, 0.6) is 5.75 Å². The molecule has 1 atom stereocenters. The summed E-state index contributed by atoms with van der Waals surface area (Å²) in [5.41, 5.74) is -0.238. The highest BCUT2D eigenvalue weighted by Crippen LogP contribution is 2.32. The van der Waals surface area contributed by atoms with Crippen molar-refractivity contribution in [2.24, 2.45) is 0 Å². The molecule has 0 aliphatic carbocycles. The van der Waals surface area contributed by atoms with E-state index in [1.807, 2.05) is 0 Å². The van der Waals surface area contributed by atoms with Crippen LogP contribution in [0.3, 0.4) is 0 Å². The number of methoxy groups -OCH3 is 1. The second-order valence-corrected chi connectivity index (χ2v) is 6.44. The average molecular weight is 392 g/mol. The lowest BCUT2D eigenvalue weighted by Crippen LogP contribution is -2.57. The van der Waals surface area contributed by atoms with E-state index < -0.39 is 23.7 Å². The second-order valence-electron chi connectivity index (χ2n) is 6.44. The fourth-order valence-electron chi connectivity index (χ4n) is 3.15. The Balaban J connectivity index is 1.79. The molecule has 1 fully saturated rings. The minimum atomic E-state index is -4.49.